The predicted molar refractivity (Wildman–Crippen MR) is 115 cm³/mol. The molecule has 0 spiro atoms. The molecule has 4 rings (SSSR count). The number of nitrogens with zero attached hydrogens (tertiary/aromatic N) is 1. The van der Waals surface area contributed by atoms with Crippen molar-refractivity contribution >= 4 is 23.2 Å². The standard InChI is InChI=1S/C23H28N4O2/c1-27(2)18-13-9-16(10-14-18)22(28)24-17-11-7-15(8-12-17)21-19-5-3-4-6-20(19)23(29)26-25-21/h7-14,19-21,25H,3-6H2,1-2H3,(H,24,28)(H,26,29). The third-order valence-electron chi connectivity index (χ3n) is 6.11. The Morgan fingerprint density at radius 3 is 2.38 bits per heavy atom. The van der Waals surface area contributed by atoms with E-state index in [-0.39, 0.29) is 23.8 Å². The average molecular weight is 393 g/mol. The van der Waals surface area contributed by atoms with Gasteiger partial charge in [0.15, 0.2) is 0 Å². The molecule has 2 aromatic carbocycles. The van der Waals surface area contributed by atoms with Gasteiger partial charge in [0, 0.05) is 37.0 Å². The highest BCUT2D eigenvalue weighted by atomic mass is 16.2. The van der Waals surface area contributed by atoms with Crippen LogP contribution in [0.3, 0.4) is 0 Å². The lowest BCUT2D eigenvalue weighted by Gasteiger charge is -2.41. The van der Waals surface area contributed by atoms with Crippen molar-refractivity contribution in [1.29, 1.82) is 0 Å². The number of carbonyl (C=O) groups excluding carboxylic acids is 2. The topological polar surface area (TPSA) is 73.5 Å². The number of hydrogen-bond acceptors (Lipinski definition) is 4. The van der Waals surface area contributed by atoms with Crippen molar-refractivity contribution in [3.05, 3.63) is 59.7 Å². The molecule has 1 aliphatic heterocycles. The van der Waals surface area contributed by atoms with Gasteiger partial charge in [0.05, 0.1) is 6.04 Å². The molecule has 152 valence electrons. The highest BCUT2D eigenvalue weighted by molar-refractivity contribution is 6.04. The summed E-state index contributed by atoms with van der Waals surface area (Å²) >= 11 is 0. The molecule has 6 nitrogen and oxygen atoms in total. The van der Waals surface area contributed by atoms with Crippen molar-refractivity contribution in [2.45, 2.75) is 31.7 Å². The van der Waals surface area contributed by atoms with Gasteiger partial charge in [-0.25, -0.2) is 5.43 Å². The lowest BCUT2D eigenvalue weighted by atomic mass is 9.72. The first-order valence-electron chi connectivity index (χ1n) is 10.3. The van der Waals surface area contributed by atoms with Gasteiger partial charge in [-0.3, -0.25) is 15.0 Å². The number of anilines is 2. The van der Waals surface area contributed by atoms with Crippen molar-refractivity contribution in [1.82, 2.24) is 10.9 Å². The number of benzene rings is 2. The van der Waals surface area contributed by atoms with Crippen LogP contribution in [0.4, 0.5) is 11.4 Å². The van der Waals surface area contributed by atoms with Crippen molar-refractivity contribution in [3.63, 3.8) is 0 Å². The van der Waals surface area contributed by atoms with Gasteiger partial charge in [-0.05, 0) is 60.7 Å². The van der Waals surface area contributed by atoms with Gasteiger partial charge >= 0.3 is 0 Å². The molecular weight excluding hydrogens is 364 g/mol. The second-order valence-electron chi connectivity index (χ2n) is 8.18. The quantitative estimate of drug-likeness (QED) is 0.745. The fourth-order valence-corrected chi connectivity index (χ4v) is 4.45. The SMILES string of the molecule is CN(C)c1ccc(C(=O)Nc2ccc(C3NNC(=O)C4CCCCC43)cc2)cc1. The Kier molecular flexibility index (Phi) is 5.53. The van der Waals surface area contributed by atoms with Crippen LogP contribution in [0.1, 0.15) is 47.6 Å². The van der Waals surface area contributed by atoms with Crippen LogP contribution in [0.2, 0.25) is 0 Å². The van der Waals surface area contributed by atoms with Crippen molar-refractivity contribution < 1.29 is 9.59 Å². The Balaban J connectivity index is 1.43. The monoisotopic (exact) mass is 392 g/mol. The molecule has 6 heteroatoms. The van der Waals surface area contributed by atoms with E-state index in [4.69, 9.17) is 0 Å². The molecule has 3 N–H and O–H groups in total. The van der Waals surface area contributed by atoms with Gasteiger partial charge in [0.25, 0.3) is 5.91 Å². The van der Waals surface area contributed by atoms with Gasteiger partial charge in [0.2, 0.25) is 5.91 Å². The summed E-state index contributed by atoms with van der Waals surface area (Å²) in [5, 5.41) is 2.96. The van der Waals surface area contributed by atoms with Gasteiger partial charge in [-0.1, -0.05) is 25.0 Å². The van der Waals surface area contributed by atoms with Crippen LogP contribution in [0, 0.1) is 11.8 Å². The maximum atomic E-state index is 12.5. The van der Waals surface area contributed by atoms with Gasteiger partial charge < -0.3 is 10.2 Å². The van der Waals surface area contributed by atoms with E-state index in [1.54, 1.807) is 0 Å². The van der Waals surface area contributed by atoms with Crippen LogP contribution in [0.15, 0.2) is 48.5 Å². The minimum absolute atomic E-state index is 0.0968. The number of hydrogen-bond donors (Lipinski definition) is 3. The maximum Gasteiger partial charge on any atom is 0.255 e. The van der Waals surface area contributed by atoms with Crippen LogP contribution >= 0.6 is 0 Å². The average Bonchev–Trinajstić information content (AvgIpc) is 2.75. The molecule has 2 amide bonds. The molecule has 0 bridgehead atoms. The first-order valence-corrected chi connectivity index (χ1v) is 10.3. The van der Waals surface area contributed by atoms with E-state index in [0.717, 1.165) is 36.2 Å². The summed E-state index contributed by atoms with van der Waals surface area (Å²) in [5.41, 5.74) is 9.62. The molecule has 29 heavy (non-hydrogen) atoms. The van der Waals surface area contributed by atoms with E-state index in [9.17, 15) is 9.59 Å². The molecule has 0 aromatic heterocycles. The van der Waals surface area contributed by atoms with Crippen LogP contribution in [-0.2, 0) is 4.79 Å². The second kappa shape index (κ2) is 8.25. The number of carbonyl (C=O) groups is 2. The number of fused-ring (bicyclic) bond motifs is 1. The maximum absolute atomic E-state index is 12.5. The molecule has 1 saturated heterocycles. The Labute approximate surface area is 171 Å². The molecular formula is C23H28N4O2. The summed E-state index contributed by atoms with van der Waals surface area (Å²) in [6.45, 7) is 0. The minimum Gasteiger partial charge on any atom is -0.378 e. The number of hydrazine groups is 1. The lowest BCUT2D eigenvalue weighted by molar-refractivity contribution is -0.133. The summed E-state index contributed by atoms with van der Waals surface area (Å²) in [4.78, 5) is 26.7. The number of amides is 2. The molecule has 3 unspecified atom stereocenters. The third kappa shape index (κ3) is 4.12. The van der Waals surface area contributed by atoms with Crippen LogP contribution in [-0.4, -0.2) is 25.9 Å². The molecule has 0 radical (unpaired) electrons. The zero-order valence-corrected chi connectivity index (χ0v) is 16.9. The molecule has 1 saturated carbocycles. The zero-order valence-electron chi connectivity index (χ0n) is 16.9. The van der Waals surface area contributed by atoms with Crippen LogP contribution < -0.4 is 21.1 Å². The summed E-state index contributed by atoms with van der Waals surface area (Å²) in [6.07, 6.45) is 4.34. The smallest absolute Gasteiger partial charge is 0.255 e. The molecule has 1 aliphatic carbocycles. The van der Waals surface area contributed by atoms with Gasteiger partial charge in [0.1, 0.15) is 0 Å². The highest BCUT2D eigenvalue weighted by Gasteiger charge is 2.40. The van der Waals surface area contributed by atoms with E-state index in [2.05, 4.69) is 16.2 Å². The fraction of sp³-hybridized carbons (Fsp3) is 0.391. The Bertz CT molecular complexity index is 877. The minimum atomic E-state index is -0.126. The third-order valence-corrected chi connectivity index (χ3v) is 6.11. The molecule has 2 fully saturated rings. The predicted octanol–water partition coefficient (Wildman–Crippen LogP) is 3.49. The molecule has 1 heterocycles. The Morgan fingerprint density at radius 1 is 1.00 bits per heavy atom. The largest absolute Gasteiger partial charge is 0.378 e. The second-order valence-corrected chi connectivity index (χ2v) is 8.18. The highest BCUT2D eigenvalue weighted by Crippen LogP contribution is 2.40. The van der Waals surface area contributed by atoms with E-state index in [1.807, 2.05) is 67.5 Å². The lowest BCUT2D eigenvalue weighted by Crippen LogP contribution is -2.55. The van der Waals surface area contributed by atoms with Crippen LogP contribution in [0.25, 0.3) is 0 Å². The van der Waals surface area contributed by atoms with Crippen molar-refractivity contribution in [3.8, 4) is 0 Å². The molecule has 2 aromatic rings. The summed E-state index contributed by atoms with van der Waals surface area (Å²) < 4.78 is 0. The van der Waals surface area contributed by atoms with E-state index in [1.165, 1.54) is 6.42 Å². The zero-order chi connectivity index (χ0) is 20.4. The van der Waals surface area contributed by atoms with E-state index >= 15 is 0 Å². The fourth-order valence-electron chi connectivity index (χ4n) is 4.45. The summed E-state index contributed by atoms with van der Waals surface area (Å²) in [6, 6.07) is 15.6. The first kappa shape index (κ1) is 19.5. The Hall–Kier alpha value is -2.86. The molecule has 2 aliphatic rings. The first-order chi connectivity index (χ1) is 14.0. The van der Waals surface area contributed by atoms with Crippen LogP contribution in [0.5, 0.6) is 0 Å². The Morgan fingerprint density at radius 2 is 1.69 bits per heavy atom. The number of rotatable bonds is 4. The van der Waals surface area contributed by atoms with E-state index < -0.39 is 0 Å². The van der Waals surface area contributed by atoms with Gasteiger partial charge in [-0.2, -0.15) is 0 Å². The van der Waals surface area contributed by atoms with Crippen molar-refractivity contribution in [2.75, 3.05) is 24.3 Å². The van der Waals surface area contributed by atoms with Crippen molar-refractivity contribution in [2.24, 2.45) is 11.8 Å². The number of nitrogens with one attached hydrogen (secondary N) is 3. The molecule has 3 atom stereocenters. The summed E-state index contributed by atoms with van der Waals surface area (Å²) in [7, 11) is 3.94. The van der Waals surface area contributed by atoms with E-state index in [0.29, 0.717) is 11.5 Å². The van der Waals surface area contributed by atoms with Gasteiger partial charge in [-0.15, -0.1) is 0 Å². The normalized spacial score (nSPS) is 23.7. The summed E-state index contributed by atoms with van der Waals surface area (Å²) in [5.74, 6) is 0.418.